The minimum absolute atomic E-state index is 0.343. The van der Waals surface area contributed by atoms with E-state index in [1.807, 2.05) is 0 Å². The van der Waals surface area contributed by atoms with Gasteiger partial charge in [0.15, 0.2) is 0 Å². The Morgan fingerprint density at radius 1 is 0.632 bits per heavy atom. The van der Waals surface area contributed by atoms with Crippen molar-refractivity contribution >= 4 is 0 Å². The molecule has 1 saturated heterocycles. The first-order valence-corrected chi connectivity index (χ1v) is 8.97. The number of ether oxygens (including phenoxy) is 1. The zero-order valence-corrected chi connectivity index (χ0v) is 13.5. The second kappa shape index (κ2) is 10.7. The van der Waals surface area contributed by atoms with E-state index in [0.29, 0.717) is 5.60 Å². The second-order valence-corrected chi connectivity index (χ2v) is 6.51. The fourth-order valence-electron chi connectivity index (χ4n) is 2.97. The molecule has 0 N–H and O–H groups in total. The maximum atomic E-state index is 5.74. The van der Waals surface area contributed by atoms with Crippen LogP contribution in [0.25, 0.3) is 0 Å². The topological polar surface area (TPSA) is 12.5 Å². The van der Waals surface area contributed by atoms with E-state index in [-0.39, 0.29) is 0 Å². The van der Waals surface area contributed by atoms with Crippen molar-refractivity contribution in [1.29, 1.82) is 0 Å². The minimum Gasteiger partial charge on any atom is -0.370 e. The van der Waals surface area contributed by atoms with Gasteiger partial charge in [-0.15, -0.1) is 0 Å². The monoisotopic (exact) mass is 268 g/mol. The van der Waals surface area contributed by atoms with Gasteiger partial charge in [-0.2, -0.15) is 0 Å². The maximum Gasteiger partial charge on any atom is 0.0916 e. The van der Waals surface area contributed by atoms with Crippen LogP contribution in [0.2, 0.25) is 0 Å². The van der Waals surface area contributed by atoms with Crippen LogP contribution in [0.4, 0.5) is 0 Å². The number of rotatable bonds is 14. The lowest BCUT2D eigenvalue weighted by Crippen LogP contribution is -2.10. The highest BCUT2D eigenvalue weighted by molar-refractivity contribution is 4.91. The van der Waals surface area contributed by atoms with Gasteiger partial charge >= 0.3 is 0 Å². The van der Waals surface area contributed by atoms with E-state index in [2.05, 4.69) is 13.8 Å². The van der Waals surface area contributed by atoms with Crippen LogP contribution in [0.15, 0.2) is 0 Å². The predicted molar refractivity (Wildman–Crippen MR) is 84.7 cm³/mol. The molecular weight excluding hydrogens is 232 g/mol. The van der Waals surface area contributed by atoms with Gasteiger partial charge in [0.05, 0.1) is 12.2 Å². The lowest BCUT2D eigenvalue weighted by atomic mass is 9.95. The Morgan fingerprint density at radius 2 is 1.00 bits per heavy atom. The van der Waals surface area contributed by atoms with Crippen molar-refractivity contribution in [3.05, 3.63) is 0 Å². The van der Waals surface area contributed by atoms with Crippen molar-refractivity contribution in [1.82, 2.24) is 0 Å². The molecule has 0 saturated carbocycles. The molecule has 19 heavy (non-hydrogen) atoms. The van der Waals surface area contributed by atoms with Crippen molar-refractivity contribution in [3.8, 4) is 0 Å². The van der Waals surface area contributed by atoms with Crippen LogP contribution in [0.1, 0.15) is 104 Å². The van der Waals surface area contributed by atoms with Crippen molar-refractivity contribution < 1.29 is 4.74 Å². The molecule has 1 unspecified atom stereocenters. The molecule has 1 heterocycles. The molecule has 1 nitrogen and oxygen atoms in total. The summed E-state index contributed by atoms with van der Waals surface area (Å²) in [6.07, 6.45) is 19.6. The molecule has 0 radical (unpaired) electrons. The fraction of sp³-hybridized carbons (Fsp3) is 1.00. The van der Waals surface area contributed by atoms with E-state index >= 15 is 0 Å². The van der Waals surface area contributed by atoms with E-state index < -0.39 is 0 Å². The quantitative estimate of drug-likeness (QED) is 0.268. The summed E-state index contributed by atoms with van der Waals surface area (Å²) in [5.41, 5.74) is 0.343. The van der Waals surface area contributed by atoms with Crippen LogP contribution in [0, 0.1) is 0 Å². The summed E-state index contributed by atoms with van der Waals surface area (Å²) in [6.45, 7) is 5.62. The van der Waals surface area contributed by atoms with Crippen LogP contribution in [-0.2, 0) is 4.74 Å². The van der Waals surface area contributed by atoms with Gasteiger partial charge in [-0.25, -0.2) is 0 Å². The van der Waals surface area contributed by atoms with Crippen molar-refractivity contribution in [2.24, 2.45) is 0 Å². The summed E-state index contributed by atoms with van der Waals surface area (Å²) in [4.78, 5) is 0. The molecule has 1 fully saturated rings. The molecule has 1 aliphatic heterocycles. The lowest BCUT2D eigenvalue weighted by molar-refractivity contribution is 0.260. The van der Waals surface area contributed by atoms with Crippen LogP contribution < -0.4 is 0 Å². The Kier molecular flexibility index (Phi) is 9.59. The van der Waals surface area contributed by atoms with Crippen molar-refractivity contribution in [3.63, 3.8) is 0 Å². The molecule has 0 spiro atoms. The average molecular weight is 268 g/mol. The largest absolute Gasteiger partial charge is 0.370 e. The molecule has 0 aromatic carbocycles. The second-order valence-electron chi connectivity index (χ2n) is 6.51. The SMILES string of the molecule is CCCCCCCCCCC1(CCCCCC)CO1. The Bertz CT molecular complexity index is 196. The van der Waals surface area contributed by atoms with Gasteiger partial charge in [0.2, 0.25) is 0 Å². The highest BCUT2D eigenvalue weighted by Crippen LogP contribution is 2.38. The Hall–Kier alpha value is -0.0400. The number of unbranched alkanes of at least 4 members (excludes halogenated alkanes) is 10. The van der Waals surface area contributed by atoms with E-state index in [1.54, 1.807) is 0 Å². The van der Waals surface area contributed by atoms with Crippen LogP contribution in [0.3, 0.4) is 0 Å². The summed E-state index contributed by atoms with van der Waals surface area (Å²) in [7, 11) is 0. The van der Waals surface area contributed by atoms with Crippen LogP contribution in [-0.4, -0.2) is 12.2 Å². The third-order valence-electron chi connectivity index (χ3n) is 4.52. The first-order chi connectivity index (χ1) is 9.33. The van der Waals surface area contributed by atoms with Gasteiger partial charge in [0, 0.05) is 0 Å². The summed E-state index contributed by atoms with van der Waals surface area (Å²) < 4.78 is 5.74. The molecule has 0 amide bonds. The molecule has 1 heteroatoms. The van der Waals surface area contributed by atoms with E-state index in [4.69, 9.17) is 4.74 Å². The van der Waals surface area contributed by atoms with Gasteiger partial charge in [0.1, 0.15) is 0 Å². The highest BCUT2D eigenvalue weighted by Gasteiger charge is 2.42. The maximum absolute atomic E-state index is 5.74. The van der Waals surface area contributed by atoms with Crippen LogP contribution >= 0.6 is 0 Å². The Morgan fingerprint density at radius 3 is 1.42 bits per heavy atom. The molecule has 1 aliphatic rings. The third kappa shape index (κ3) is 8.68. The highest BCUT2D eigenvalue weighted by atomic mass is 16.6. The number of hydrogen-bond donors (Lipinski definition) is 0. The molecule has 1 atom stereocenters. The smallest absolute Gasteiger partial charge is 0.0916 e. The summed E-state index contributed by atoms with van der Waals surface area (Å²) in [5.74, 6) is 0. The van der Waals surface area contributed by atoms with Crippen LogP contribution in [0.5, 0.6) is 0 Å². The number of hydrogen-bond acceptors (Lipinski definition) is 1. The van der Waals surface area contributed by atoms with E-state index in [1.165, 1.54) is 89.9 Å². The van der Waals surface area contributed by atoms with Gasteiger partial charge < -0.3 is 4.74 Å². The fourth-order valence-corrected chi connectivity index (χ4v) is 2.97. The summed E-state index contributed by atoms with van der Waals surface area (Å²) in [5, 5.41) is 0. The standard InChI is InChI=1S/C18H36O/c1-3-5-7-9-10-11-12-14-16-18(17-19-18)15-13-8-6-4-2/h3-17H2,1-2H3. The molecule has 0 aromatic rings. The summed E-state index contributed by atoms with van der Waals surface area (Å²) >= 11 is 0. The molecule has 0 bridgehead atoms. The molecule has 0 aromatic heterocycles. The van der Waals surface area contributed by atoms with E-state index in [0.717, 1.165) is 6.61 Å². The van der Waals surface area contributed by atoms with Gasteiger partial charge in [-0.3, -0.25) is 0 Å². The zero-order valence-electron chi connectivity index (χ0n) is 13.5. The first-order valence-electron chi connectivity index (χ1n) is 8.97. The first kappa shape index (κ1) is 17.0. The molecule has 1 rings (SSSR count). The molecule has 0 aliphatic carbocycles. The van der Waals surface area contributed by atoms with Gasteiger partial charge in [-0.1, -0.05) is 90.9 Å². The normalized spacial score (nSPS) is 21.8. The Labute approximate surface area is 121 Å². The zero-order chi connectivity index (χ0) is 13.8. The Balaban J connectivity index is 1.86. The lowest BCUT2D eigenvalue weighted by Gasteiger charge is -2.11. The third-order valence-corrected chi connectivity index (χ3v) is 4.52. The predicted octanol–water partition coefficient (Wildman–Crippen LogP) is 6.26. The van der Waals surface area contributed by atoms with Crippen molar-refractivity contribution in [2.45, 2.75) is 109 Å². The van der Waals surface area contributed by atoms with E-state index in [9.17, 15) is 0 Å². The number of epoxide rings is 1. The van der Waals surface area contributed by atoms with Crippen molar-refractivity contribution in [2.75, 3.05) is 6.61 Å². The minimum atomic E-state index is 0.343. The summed E-state index contributed by atoms with van der Waals surface area (Å²) in [6, 6.07) is 0. The van der Waals surface area contributed by atoms with Gasteiger partial charge in [-0.05, 0) is 12.8 Å². The molecule has 114 valence electrons. The molecular formula is C18H36O. The van der Waals surface area contributed by atoms with Gasteiger partial charge in [0.25, 0.3) is 0 Å². The average Bonchev–Trinajstić information content (AvgIpc) is 3.18.